The standard InChI is InChI=1S/C16H25OS.CHF3O3S/c1-3-5-12-18(13-6-4-2)14-16(17)15-10-8-7-9-11-15;2-1(3,4)8(5,6)7/h7-11H,3-6,12-14H2,1-2H3;(H,5,6,7)/q+1;/p-1. The van der Waals surface area contributed by atoms with Gasteiger partial charge in [0.15, 0.2) is 15.9 Å². The second-order valence-electron chi connectivity index (χ2n) is 5.56. The molecular formula is C17H25F3O4S2. The molecule has 1 aromatic carbocycles. The van der Waals surface area contributed by atoms with Gasteiger partial charge < -0.3 is 4.55 Å². The van der Waals surface area contributed by atoms with Crippen LogP contribution in [0.2, 0.25) is 0 Å². The number of ketones is 1. The summed E-state index contributed by atoms with van der Waals surface area (Å²) in [6.07, 6.45) is 4.98. The molecule has 0 N–H and O–H groups in total. The summed E-state index contributed by atoms with van der Waals surface area (Å²) in [6, 6.07) is 9.73. The summed E-state index contributed by atoms with van der Waals surface area (Å²) in [5.41, 5.74) is -4.77. The largest absolute Gasteiger partial charge is 0.741 e. The molecule has 9 heteroatoms. The smallest absolute Gasteiger partial charge is 0.485 e. The Balaban J connectivity index is 0.000000660. The molecule has 1 rings (SSSR count). The highest BCUT2D eigenvalue weighted by Gasteiger charge is 2.36. The van der Waals surface area contributed by atoms with Gasteiger partial charge in [0, 0.05) is 5.56 Å². The van der Waals surface area contributed by atoms with Crippen molar-refractivity contribution in [1.82, 2.24) is 0 Å². The van der Waals surface area contributed by atoms with Crippen LogP contribution in [0.5, 0.6) is 0 Å². The Bertz CT molecular complexity index is 609. The number of halogens is 3. The molecule has 0 saturated carbocycles. The molecule has 0 aromatic heterocycles. The zero-order valence-electron chi connectivity index (χ0n) is 14.9. The first-order chi connectivity index (χ1) is 12.0. The fourth-order valence-corrected chi connectivity index (χ4v) is 4.26. The van der Waals surface area contributed by atoms with E-state index >= 15 is 0 Å². The minimum atomic E-state index is -6.09. The quantitative estimate of drug-likeness (QED) is 0.263. The van der Waals surface area contributed by atoms with Crippen LogP contribution in [0.3, 0.4) is 0 Å². The van der Waals surface area contributed by atoms with Gasteiger partial charge in [-0.25, -0.2) is 8.42 Å². The number of carbonyl (C=O) groups is 1. The van der Waals surface area contributed by atoms with Gasteiger partial charge in [-0.3, -0.25) is 4.79 Å². The normalized spacial score (nSPS) is 11.8. The highest BCUT2D eigenvalue weighted by Crippen LogP contribution is 2.20. The van der Waals surface area contributed by atoms with Crippen LogP contribution in [-0.4, -0.2) is 41.5 Å². The number of carbonyl (C=O) groups excluding carboxylic acids is 1. The van der Waals surface area contributed by atoms with Gasteiger partial charge in [0.1, 0.15) is 11.5 Å². The van der Waals surface area contributed by atoms with E-state index in [0.29, 0.717) is 16.7 Å². The average Bonchev–Trinajstić information content (AvgIpc) is 2.56. The summed E-state index contributed by atoms with van der Waals surface area (Å²) in [5, 5.41) is 0. The lowest BCUT2D eigenvalue weighted by Crippen LogP contribution is -2.22. The first-order valence-electron chi connectivity index (χ1n) is 8.27. The molecule has 0 radical (unpaired) electrons. The summed E-state index contributed by atoms with van der Waals surface area (Å²) >= 11 is 0. The van der Waals surface area contributed by atoms with Gasteiger partial charge in [0.05, 0.1) is 0 Å². The number of benzene rings is 1. The van der Waals surface area contributed by atoms with Gasteiger partial charge in [-0.15, -0.1) is 0 Å². The van der Waals surface area contributed by atoms with Crippen LogP contribution in [-0.2, 0) is 21.0 Å². The minimum Gasteiger partial charge on any atom is -0.741 e. The van der Waals surface area contributed by atoms with Gasteiger partial charge in [0.25, 0.3) is 0 Å². The summed E-state index contributed by atoms with van der Waals surface area (Å²) in [4.78, 5) is 12.2. The van der Waals surface area contributed by atoms with Crippen molar-refractivity contribution in [2.75, 3.05) is 17.3 Å². The molecule has 0 aliphatic rings. The van der Waals surface area contributed by atoms with Crippen LogP contribution in [0.25, 0.3) is 0 Å². The lowest BCUT2D eigenvalue weighted by molar-refractivity contribution is -0.0517. The number of hydrogen-bond donors (Lipinski definition) is 0. The minimum absolute atomic E-state index is 0.296. The Morgan fingerprint density at radius 1 is 1.04 bits per heavy atom. The molecule has 0 atom stereocenters. The van der Waals surface area contributed by atoms with Crippen LogP contribution in [0.1, 0.15) is 49.9 Å². The Morgan fingerprint density at radius 2 is 1.46 bits per heavy atom. The van der Waals surface area contributed by atoms with Crippen molar-refractivity contribution in [3.05, 3.63) is 35.9 Å². The fraction of sp³-hybridized carbons (Fsp3) is 0.588. The number of unbranched alkanes of at least 4 members (excludes halogenated alkanes) is 2. The third-order valence-corrected chi connectivity index (χ3v) is 6.26. The third-order valence-electron chi connectivity index (χ3n) is 3.29. The van der Waals surface area contributed by atoms with Crippen LogP contribution < -0.4 is 0 Å². The Morgan fingerprint density at radius 3 is 1.81 bits per heavy atom. The summed E-state index contributed by atoms with van der Waals surface area (Å²) in [5.74, 6) is 3.54. The zero-order chi connectivity index (χ0) is 20.2. The summed E-state index contributed by atoms with van der Waals surface area (Å²) in [6.45, 7) is 4.45. The van der Waals surface area contributed by atoms with E-state index in [1.54, 1.807) is 0 Å². The highest BCUT2D eigenvalue weighted by atomic mass is 32.2. The first-order valence-corrected chi connectivity index (χ1v) is 11.4. The van der Waals surface area contributed by atoms with Crippen LogP contribution in [0, 0.1) is 0 Å². The van der Waals surface area contributed by atoms with Crippen LogP contribution in [0.15, 0.2) is 30.3 Å². The molecule has 0 bridgehead atoms. The van der Waals surface area contributed by atoms with Crippen molar-refractivity contribution in [3.8, 4) is 0 Å². The maximum Gasteiger partial charge on any atom is 0.485 e. The van der Waals surface area contributed by atoms with Crippen LogP contribution >= 0.6 is 0 Å². The number of alkyl halides is 3. The lowest BCUT2D eigenvalue weighted by atomic mass is 10.2. The van der Waals surface area contributed by atoms with Crippen molar-refractivity contribution in [2.45, 2.75) is 45.0 Å². The van der Waals surface area contributed by atoms with Crippen molar-refractivity contribution in [3.63, 3.8) is 0 Å². The Labute approximate surface area is 156 Å². The molecular weight excluding hydrogens is 389 g/mol. The van der Waals surface area contributed by atoms with Crippen molar-refractivity contribution in [2.24, 2.45) is 0 Å². The molecule has 0 saturated heterocycles. The van der Waals surface area contributed by atoms with Gasteiger partial charge in [-0.1, -0.05) is 57.0 Å². The predicted octanol–water partition coefficient (Wildman–Crippen LogP) is 4.14. The average molecular weight is 415 g/mol. The maximum atomic E-state index is 12.2. The first kappa shape index (κ1) is 24.9. The zero-order valence-corrected chi connectivity index (χ0v) is 16.6. The summed E-state index contributed by atoms with van der Waals surface area (Å²) in [7, 11) is -5.79. The molecule has 0 aliphatic carbocycles. The molecule has 0 spiro atoms. The van der Waals surface area contributed by atoms with Gasteiger partial charge in [-0.05, 0) is 23.7 Å². The van der Waals surface area contributed by atoms with Crippen molar-refractivity contribution >= 4 is 26.8 Å². The highest BCUT2D eigenvalue weighted by molar-refractivity contribution is 7.97. The second kappa shape index (κ2) is 12.3. The Kier molecular flexibility index (Phi) is 11.8. The van der Waals surface area contributed by atoms with E-state index in [-0.39, 0.29) is 0 Å². The van der Waals surface area contributed by atoms with E-state index in [1.807, 2.05) is 30.3 Å². The number of Topliss-reactive ketones (excluding diaryl/α,β-unsaturated/α-hetero) is 1. The monoisotopic (exact) mass is 414 g/mol. The molecule has 0 heterocycles. The van der Waals surface area contributed by atoms with Gasteiger partial charge in [-0.2, -0.15) is 13.2 Å². The fourth-order valence-electron chi connectivity index (χ4n) is 1.84. The van der Waals surface area contributed by atoms with E-state index in [1.165, 1.54) is 37.2 Å². The van der Waals surface area contributed by atoms with Gasteiger partial charge in [0.2, 0.25) is 5.78 Å². The number of rotatable bonds is 9. The lowest BCUT2D eigenvalue weighted by Gasteiger charge is -2.08. The number of hydrogen-bond acceptors (Lipinski definition) is 4. The van der Waals surface area contributed by atoms with E-state index in [9.17, 15) is 18.0 Å². The van der Waals surface area contributed by atoms with Crippen molar-refractivity contribution in [1.29, 1.82) is 0 Å². The Hall–Kier alpha value is -1.06. The molecule has 0 unspecified atom stereocenters. The van der Waals surface area contributed by atoms with E-state index in [2.05, 4.69) is 13.8 Å². The molecule has 0 fully saturated rings. The molecule has 0 amide bonds. The molecule has 1 aromatic rings. The second-order valence-corrected chi connectivity index (χ2v) is 9.26. The van der Waals surface area contributed by atoms with E-state index in [4.69, 9.17) is 13.0 Å². The van der Waals surface area contributed by atoms with Crippen molar-refractivity contribution < 1.29 is 30.9 Å². The molecule has 0 aliphatic heterocycles. The molecule has 150 valence electrons. The third kappa shape index (κ3) is 10.8. The SMILES string of the molecule is CCCC[S+](CCCC)CC(=O)c1ccccc1.O=S(=O)([O-])C(F)(F)F. The topological polar surface area (TPSA) is 74.3 Å². The van der Waals surface area contributed by atoms with Gasteiger partial charge >= 0.3 is 5.51 Å². The molecule has 4 nitrogen and oxygen atoms in total. The maximum absolute atomic E-state index is 12.2. The summed E-state index contributed by atoms with van der Waals surface area (Å²) < 4.78 is 58.9. The predicted molar refractivity (Wildman–Crippen MR) is 98.3 cm³/mol. The van der Waals surface area contributed by atoms with E-state index < -0.39 is 15.6 Å². The van der Waals surface area contributed by atoms with E-state index in [0.717, 1.165) is 11.3 Å². The van der Waals surface area contributed by atoms with Crippen LogP contribution in [0.4, 0.5) is 13.2 Å². The molecule has 26 heavy (non-hydrogen) atoms.